The van der Waals surface area contributed by atoms with Gasteiger partial charge in [0, 0.05) is 63.5 Å². The summed E-state index contributed by atoms with van der Waals surface area (Å²) in [6.45, 7) is 0. The molecule has 2 aromatic heterocycles. The Kier molecular flexibility index (Phi) is 7.45. The Hall–Kier alpha value is -7.37. The fourth-order valence-electron chi connectivity index (χ4n) is 11.1. The van der Waals surface area contributed by atoms with Crippen molar-refractivity contribution in [2.45, 2.75) is 15.2 Å². The lowest BCUT2D eigenvalue weighted by molar-refractivity contribution is 0.707. The average Bonchev–Trinajstić information content (AvgIpc) is 3.88. The minimum atomic E-state index is -0.502. The van der Waals surface area contributed by atoms with Gasteiger partial charge < -0.3 is 9.47 Å². The van der Waals surface area contributed by atoms with Crippen LogP contribution in [0.25, 0.3) is 69.6 Å². The van der Waals surface area contributed by atoms with Crippen molar-refractivity contribution >= 4 is 92.9 Å². The molecule has 1 aliphatic carbocycles. The molecular formula is C59H36N2S2. The van der Waals surface area contributed by atoms with E-state index in [-0.39, 0.29) is 0 Å². The van der Waals surface area contributed by atoms with Crippen molar-refractivity contribution in [2.24, 2.45) is 0 Å². The van der Waals surface area contributed by atoms with Crippen molar-refractivity contribution in [3.05, 3.63) is 241 Å². The Bertz CT molecular complexity index is 3850. The maximum absolute atomic E-state index is 2.48. The van der Waals surface area contributed by atoms with E-state index in [0.717, 1.165) is 22.7 Å². The zero-order valence-electron chi connectivity index (χ0n) is 34.0. The minimum absolute atomic E-state index is 0.502. The standard InChI is InChI=1S/C59H36N2S2/c1-2-16-38(17-3-1)61-52-25-9-5-19-43(52)46-34-39(29-32-53(46)61)60(40-30-33-55-47(35-40)44-20-6-10-26-54(44)62-55)41-28-31-50-57(36-41)63-56-27-11-8-23-49(56)59(50)48-22-7-4-18-42(48)45-21-12-14-37-15-13-24-51(59)58(37)45/h1-36H. The van der Waals surface area contributed by atoms with E-state index in [1.165, 1.54) is 95.9 Å². The van der Waals surface area contributed by atoms with Gasteiger partial charge in [-0.05, 0) is 123 Å². The molecule has 1 aliphatic heterocycles. The van der Waals surface area contributed by atoms with E-state index in [4.69, 9.17) is 0 Å². The maximum Gasteiger partial charge on any atom is 0.0735 e. The van der Waals surface area contributed by atoms with Crippen LogP contribution in [-0.2, 0) is 5.41 Å². The number of hydrogen-bond donors (Lipinski definition) is 0. The molecule has 294 valence electrons. The predicted molar refractivity (Wildman–Crippen MR) is 267 cm³/mol. The Labute approximate surface area is 372 Å². The highest BCUT2D eigenvalue weighted by atomic mass is 32.2. The zero-order chi connectivity index (χ0) is 41.2. The van der Waals surface area contributed by atoms with Crippen molar-refractivity contribution in [2.75, 3.05) is 4.90 Å². The first-order chi connectivity index (χ1) is 31.2. The van der Waals surface area contributed by atoms with Crippen molar-refractivity contribution in [1.82, 2.24) is 4.57 Å². The van der Waals surface area contributed by atoms with E-state index >= 15 is 0 Å². The lowest BCUT2D eigenvalue weighted by Gasteiger charge is -2.46. The summed E-state index contributed by atoms with van der Waals surface area (Å²) in [5.74, 6) is 0. The van der Waals surface area contributed by atoms with Gasteiger partial charge in [0.05, 0.1) is 16.4 Å². The van der Waals surface area contributed by atoms with Gasteiger partial charge in [0.25, 0.3) is 0 Å². The van der Waals surface area contributed by atoms with Crippen LogP contribution in [0.3, 0.4) is 0 Å². The summed E-state index contributed by atoms with van der Waals surface area (Å²) in [7, 11) is 0. The minimum Gasteiger partial charge on any atom is -0.310 e. The molecule has 0 saturated carbocycles. The molecule has 2 nitrogen and oxygen atoms in total. The Morgan fingerprint density at radius 2 is 1.00 bits per heavy atom. The zero-order valence-corrected chi connectivity index (χ0v) is 35.6. The molecule has 0 fully saturated rings. The largest absolute Gasteiger partial charge is 0.310 e. The van der Waals surface area contributed by atoms with Crippen LogP contribution in [0.15, 0.2) is 228 Å². The highest BCUT2D eigenvalue weighted by Crippen LogP contribution is 2.62. The molecule has 3 heterocycles. The molecule has 0 radical (unpaired) electrons. The first kappa shape index (κ1) is 35.2. The molecule has 14 rings (SSSR count). The van der Waals surface area contributed by atoms with Crippen LogP contribution in [0.1, 0.15) is 22.3 Å². The quantitative estimate of drug-likeness (QED) is 0.174. The monoisotopic (exact) mass is 836 g/mol. The fourth-order valence-corrected chi connectivity index (χ4v) is 13.4. The number of thiophene rings is 1. The second-order valence-corrected chi connectivity index (χ2v) is 19.0. The van der Waals surface area contributed by atoms with Crippen LogP contribution < -0.4 is 4.90 Å². The predicted octanol–water partition coefficient (Wildman–Crippen LogP) is 16.6. The van der Waals surface area contributed by atoms with Crippen LogP contribution in [0.4, 0.5) is 17.1 Å². The number of rotatable bonds is 4. The van der Waals surface area contributed by atoms with Gasteiger partial charge in [-0.15, -0.1) is 11.3 Å². The van der Waals surface area contributed by atoms with Crippen molar-refractivity contribution < 1.29 is 0 Å². The van der Waals surface area contributed by atoms with Crippen LogP contribution >= 0.6 is 23.1 Å². The SMILES string of the molecule is c1ccc(-n2c3ccccc3c3cc(N(c4ccc5c(c4)Sc4ccccc4C54c5ccccc5-c5cccc6cccc4c56)c4ccc5sc6ccccc6c5c4)ccc32)cc1. The van der Waals surface area contributed by atoms with Gasteiger partial charge >= 0.3 is 0 Å². The molecule has 12 aromatic rings. The van der Waals surface area contributed by atoms with Gasteiger partial charge in [-0.1, -0.05) is 151 Å². The Balaban J connectivity index is 1.04. The number of anilines is 3. The molecule has 63 heavy (non-hydrogen) atoms. The maximum atomic E-state index is 2.48. The number of benzene rings is 10. The third-order valence-corrected chi connectivity index (χ3v) is 15.9. The number of nitrogens with zero attached hydrogens (tertiary/aromatic N) is 2. The molecule has 2 aliphatic rings. The number of para-hydroxylation sites is 2. The second kappa shape index (κ2) is 13.3. The van der Waals surface area contributed by atoms with Crippen LogP contribution in [0, 0.1) is 0 Å². The smallest absolute Gasteiger partial charge is 0.0735 e. The second-order valence-electron chi connectivity index (χ2n) is 16.8. The van der Waals surface area contributed by atoms with Gasteiger partial charge in [-0.3, -0.25) is 0 Å². The van der Waals surface area contributed by atoms with Crippen molar-refractivity contribution in [3.8, 4) is 16.8 Å². The first-order valence-corrected chi connectivity index (χ1v) is 23.2. The molecule has 0 bridgehead atoms. The summed E-state index contributed by atoms with van der Waals surface area (Å²) in [6.07, 6.45) is 0. The summed E-state index contributed by atoms with van der Waals surface area (Å²) in [5.41, 5.74) is 14.4. The molecule has 0 saturated heterocycles. The first-order valence-electron chi connectivity index (χ1n) is 21.6. The number of fused-ring (bicyclic) bond motifs is 14. The van der Waals surface area contributed by atoms with E-state index < -0.39 is 5.41 Å². The summed E-state index contributed by atoms with van der Waals surface area (Å²) in [4.78, 5) is 5.05. The van der Waals surface area contributed by atoms with Crippen LogP contribution in [-0.4, -0.2) is 4.57 Å². The molecule has 1 atom stereocenters. The van der Waals surface area contributed by atoms with E-state index in [1.54, 1.807) is 0 Å². The van der Waals surface area contributed by atoms with Gasteiger partial charge in [-0.25, -0.2) is 0 Å². The summed E-state index contributed by atoms with van der Waals surface area (Å²) < 4.78 is 5.01. The molecule has 1 spiro atoms. The fraction of sp³-hybridized carbons (Fsp3) is 0.0169. The third-order valence-electron chi connectivity index (χ3n) is 13.6. The van der Waals surface area contributed by atoms with Gasteiger partial charge in [0.1, 0.15) is 0 Å². The van der Waals surface area contributed by atoms with Gasteiger partial charge in [0.15, 0.2) is 0 Å². The number of hydrogen-bond acceptors (Lipinski definition) is 3. The Morgan fingerprint density at radius 1 is 0.381 bits per heavy atom. The van der Waals surface area contributed by atoms with Crippen molar-refractivity contribution in [3.63, 3.8) is 0 Å². The molecule has 4 heteroatoms. The lowest BCUT2D eigenvalue weighted by Crippen LogP contribution is -2.36. The van der Waals surface area contributed by atoms with Crippen LogP contribution in [0.5, 0.6) is 0 Å². The number of aromatic nitrogens is 1. The topological polar surface area (TPSA) is 8.17 Å². The van der Waals surface area contributed by atoms with E-state index in [0.29, 0.717) is 0 Å². The normalized spacial score (nSPS) is 15.0. The van der Waals surface area contributed by atoms with Crippen molar-refractivity contribution in [1.29, 1.82) is 0 Å². The highest BCUT2D eigenvalue weighted by molar-refractivity contribution is 7.99. The van der Waals surface area contributed by atoms with E-state index in [2.05, 4.69) is 228 Å². The molecule has 10 aromatic carbocycles. The van der Waals surface area contributed by atoms with Crippen LogP contribution in [0.2, 0.25) is 0 Å². The molecule has 0 amide bonds. The lowest BCUT2D eigenvalue weighted by atomic mass is 9.59. The summed E-state index contributed by atoms with van der Waals surface area (Å²) in [5, 5.41) is 7.67. The third kappa shape index (κ3) is 4.91. The van der Waals surface area contributed by atoms with Gasteiger partial charge in [0.2, 0.25) is 0 Å². The summed E-state index contributed by atoms with van der Waals surface area (Å²) >= 11 is 3.77. The van der Waals surface area contributed by atoms with E-state index in [9.17, 15) is 0 Å². The van der Waals surface area contributed by atoms with E-state index in [1.807, 2.05) is 23.1 Å². The molecule has 1 unspecified atom stereocenters. The molecule has 0 N–H and O–H groups in total. The highest BCUT2D eigenvalue weighted by Gasteiger charge is 2.48. The average molecular weight is 837 g/mol. The Morgan fingerprint density at radius 3 is 1.90 bits per heavy atom. The molecular weight excluding hydrogens is 801 g/mol. The van der Waals surface area contributed by atoms with Gasteiger partial charge in [-0.2, -0.15) is 0 Å². The summed E-state index contributed by atoms with van der Waals surface area (Å²) in [6, 6.07) is 81.7.